The average molecular weight is 637 g/mol. The van der Waals surface area contributed by atoms with Gasteiger partial charge in [-0.25, -0.2) is 8.42 Å². The van der Waals surface area contributed by atoms with E-state index in [9.17, 15) is 18.0 Å². The summed E-state index contributed by atoms with van der Waals surface area (Å²) in [4.78, 5) is 25.8. The maximum Gasteiger partial charge on any atom is 0.255 e. The Morgan fingerprint density at radius 2 is 0.830 bits per heavy atom. The summed E-state index contributed by atoms with van der Waals surface area (Å²) >= 11 is 0. The van der Waals surface area contributed by atoms with E-state index >= 15 is 0 Å². The van der Waals surface area contributed by atoms with Gasteiger partial charge in [0.25, 0.3) is 11.8 Å². The molecule has 6 aromatic carbocycles. The maximum atomic E-state index is 13.5. The summed E-state index contributed by atoms with van der Waals surface area (Å²) in [6, 6.07) is 43.1. The molecule has 0 radical (unpaired) electrons. The van der Waals surface area contributed by atoms with Crippen LogP contribution in [0.1, 0.15) is 31.8 Å². The number of hydrogen-bond acceptors (Lipinski definition) is 4. The molecule has 0 aliphatic rings. The first-order valence-electron chi connectivity index (χ1n) is 15.1. The largest absolute Gasteiger partial charge is 0.322 e. The van der Waals surface area contributed by atoms with Crippen LogP contribution in [0.5, 0.6) is 0 Å². The van der Waals surface area contributed by atoms with E-state index in [-0.39, 0.29) is 21.6 Å². The van der Waals surface area contributed by atoms with Gasteiger partial charge in [0, 0.05) is 22.5 Å². The zero-order valence-electron chi connectivity index (χ0n) is 25.9. The van der Waals surface area contributed by atoms with E-state index in [1.165, 1.54) is 0 Å². The number of carbonyl (C=O) groups is 2. The number of carbonyl (C=O) groups excluding carboxylic acids is 2. The Bertz CT molecular complexity index is 2050. The maximum absolute atomic E-state index is 13.5. The van der Waals surface area contributed by atoms with Crippen molar-refractivity contribution in [3.63, 3.8) is 0 Å². The number of amides is 2. The van der Waals surface area contributed by atoms with E-state index in [0.29, 0.717) is 22.5 Å². The third-order valence-corrected chi connectivity index (χ3v) is 9.58. The molecule has 0 spiro atoms. The molecule has 232 valence electrons. The van der Waals surface area contributed by atoms with Gasteiger partial charge in [0.1, 0.15) is 0 Å². The van der Waals surface area contributed by atoms with Crippen LogP contribution in [-0.4, -0.2) is 20.2 Å². The standard InChI is InChI=1S/C40H32N2O4S/c1-27-7-3-11-33(23-27)39(43)41-35-13-5-9-31(25-35)29-15-19-37(20-16-29)47(45,46)38-21-17-30(18-22-38)32-10-6-14-36(26-32)42-40(44)34-12-4-8-28(2)24-34/h3-26H,1-2H3,(H,41,43)(H,42,44). The van der Waals surface area contributed by atoms with Crippen molar-refractivity contribution < 1.29 is 18.0 Å². The lowest BCUT2D eigenvalue weighted by molar-refractivity contribution is 0.101. The number of hydrogen-bond donors (Lipinski definition) is 2. The van der Waals surface area contributed by atoms with Gasteiger partial charge < -0.3 is 10.6 Å². The number of aryl methyl sites for hydroxylation is 2. The highest BCUT2D eigenvalue weighted by Crippen LogP contribution is 2.29. The minimum atomic E-state index is -3.77. The summed E-state index contributed by atoms with van der Waals surface area (Å²) < 4.78 is 27.0. The normalized spacial score (nSPS) is 11.1. The van der Waals surface area contributed by atoms with E-state index in [4.69, 9.17) is 0 Å². The zero-order valence-corrected chi connectivity index (χ0v) is 26.7. The Morgan fingerprint density at radius 1 is 0.447 bits per heavy atom. The van der Waals surface area contributed by atoms with Gasteiger partial charge in [-0.2, -0.15) is 0 Å². The quantitative estimate of drug-likeness (QED) is 0.174. The molecule has 0 fully saturated rings. The Hall–Kier alpha value is -5.79. The van der Waals surface area contributed by atoms with Gasteiger partial charge in [-0.3, -0.25) is 9.59 Å². The molecule has 47 heavy (non-hydrogen) atoms. The van der Waals surface area contributed by atoms with Gasteiger partial charge in [0.15, 0.2) is 0 Å². The Labute approximate surface area is 274 Å². The first-order valence-corrected chi connectivity index (χ1v) is 16.6. The van der Waals surface area contributed by atoms with Crippen molar-refractivity contribution in [1.29, 1.82) is 0 Å². The summed E-state index contributed by atoms with van der Waals surface area (Å²) in [5.41, 5.74) is 7.78. The van der Waals surface area contributed by atoms with E-state index < -0.39 is 9.84 Å². The van der Waals surface area contributed by atoms with E-state index in [0.717, 1.165) is 33.4 Å². The molecule has 6 nitrogen and oxygen atoms in total. The second-order valence-electron chi connectivity index (χ2n) is 11.4. The van der Waals surface area contributed by atoms with E-state index in [2.05, 4.69) is 10.6 Å². The Kier molecular flexibility index (Phi) is 8.82. The fraction of sp³-hybridized carbons (Fsp3) is 0.0500. The second kappa shape index (κ2) is 13.3. The molecule has 0 saturated carbocycles. The second-order valence-corrected chi connectivity index (χ2v) is 13.3. The lowest BCUT2D eigenvalue weighted by Crippen LogP contribution is -2.11. The molecule has 6 aromatic rings. The Balaban J connectivity index is 1.15. The number of sulfone groups is 1. The van der Waals surface area contributed by atoms with Crippen LogP contribution in [0.2, 0.25) is 0 Å². The van der Waals surface area contributed by atoms with Crippen molar-refractivity contribution in [3.05, 3.63) is 168 Å². The minimum Gasteiger partial charge on any atom is -0.322 e. The van der Waals surface area contributed by atoms with Gasteiger partial charge in [-0.15, -0.1) is 0 Å². The highest BCUT2D eigenvalue weighted by Gasteiger charge is 2.18. The zero-order chi connectivity index (χ0) is 33.0. The van der Waals surface area contributed by atoms with Crippen molar-refractivity contribution >= 4 is 33.0 Å². The molecule has 0 bridgehead atoms. The van der Waals surface area contributed by atoms with Gasteiger partial charge >= 0.3 is 0 Å². The van der Waals surface area contributed by atoms with Gasteiger partial charge in [-0.05, 0) is 109 Å². The van der Waals surface area contributed by atoms with Crippen LogP contribution in [0, 0.1) is 13.8 Å². The van der Waals surface area contributed by atoms with Crippen molar-refractivity contribution in [2.45, 2.75) is 23.6 Å². The van der Waals surface area contributed by atoms with Crippen molar-refractivity contribution in [2.24, 2.45) is 0 Å². The van der Waals surface area contributed by atoms with Gasteiger partial charge in [-0.1, -0.05) is 83.9 Å². The topological polar surface area (TPSA) is 92.3 Å². The van der Waals surface area contributed by atoms with Crippen LogP contribution in [-0.2, 0) is 9.84 Å². The molecule has 0 aliphatic carbocycles. The monoisotopic (exact) mass is 636 g/mol. The third-order valence-electron chi connectivity index (χ3n) is 7.80. The van der Waals surface area contributed by atoms with Crippen LogP contribution in [0.4, 0.5) is 11.4 Å². The van der Waals surface area contributed by atoms with Crippen molar-refractivity contribution in [2.75, 3.05) is 10.6 Å². The molecule has 0 aliphatic heterocycles. The predicted octanol–water partition coefficient (Wildman–Crippen LogP) is 8.97. The highest BCUT2D eigenvalue weighted by molar-refractivity contribution is 7.91. The van der Waals surface area contributed by atoms with Crippen LogP contribution >= 0.6 is 0 Å². The molecule has 2 N–H and O–H groups in total. The van der Waals surface area contributed by atoms with Crippen LogP contribution in [0.15, 0.2) is 155 Å². The third kappa shape index (κ3) is 7.21. The molecule has 7 heteroatoms. The molecule has 6 rings (SSSR count). The fourth-order valence-corrected chi connectivity index (χ4v) is 6.58. The van der Waals surface area contributed by atoms with E-state index in [1.807, 2.05) is 98.8 Å². The summed E-state index contributed by atoms with van der Waals surface area (Å²) in [5.74, 6) is -0.396. The molecule has 0 aromatic heterocycles. The van der Waals surface area contributed by atoms with Crippen LogP contribution in [0.25, 0.3) is 22.3 Å². The molecule has 0 unspecified atom stereocenters. The predicted molar refractivity (Wildman–Crippen MR) is 187 cm³/mol. The molecular formula is C40H32N2O4S. The van der Waals surface area contributed by atoms with Crippen molar-refractivity contribution in [1.82, 2.24) is 0 Å². The lowest BCUT2D eigenvalue weighted by Gasteiger charge is -2.10. The molecular weight excluding hydrogens is 605 g/mol. The van der Waals surface area contributed by atoms with Gasteiger partial charge in [0.2, 0.25) is 9.84 Å². The average Bonchev–Trinajstić information content (AvgIpc) is 3.08. The molecule has 2 amide bonds. The summed E-state index contributed by atoms with van der Waals surface area (Å²) in [6.45, 7) is 3.88. The lowest BCUT2D eigenvalue weighted by atomic mass is 10.0. The SMILES string of the molecule is Cc1cccc(C(=O)Nc2cccc(-c3ccc(S(=O)(=O)c4ccc(-c5cccc(NC(=O)c6cccc(C)c6)c5)cc4)cc3)c2)c1. The van der Waals surface area contributed by atoms with Gasteiger partial charge in [0.05, 0.1) is 9.79 Å². The molecule has 0 heterocycles. The summed E-state index contributed by atoms with van der Waals surface area (Å²) in [5, 5.41) is 5.87. The summed E-state index contributed by atoms with van der Waals surface area (Å²) in [7, 11) is -3.77. The first kappa shape index (κ1) is 31.2. The highest BCUT2D eigenvalue weighted by atomic mass is 32.2. The molecule has 0 atom stereocenters. The molecule has 0 saturated heterocycles. The number of rotatable bonds is 8. The smallest absolute Gasteiger partial charge is 0.255 e. The first-order chi connectivity index (χ1) is 22.7. The summed E-state index contributed by atoms with van der Waals surface area (Å²) in [6.07, 6.45) is 0. The van der Waals surface area contributed by atoms with E-state index in [1.54, 1.807) is 60.7 Å². The number of benzene rings is 6. The minimum absolute atomic E-state index is 0.179. The number of anilines is 2. The van der Waals surface area contributed by atoms with Crippen molar-refractivity contribution in [3.8, 4) is 22.3 Å². The van der Waals surface area contributed by atoms with Crippen LogP contribution in [0.3, 0.4) is 0 Å². The Morgan fingerprint density at radius 3 is 1.21 bits per heavy atom. The van der Waals surface area contributed by atoms with Crippen LogP contribution < -0.4 is 10.6 Å². The number of nitrogens with one attached hydrogen (secondary N) is 2. The fourth-order valence-electron chi connectivity index (χ4n) is 5.32.